The minimum Gasteiger partial charge on any atom is -0.455 e. The van der Waals surface area contributed by atoms with Crippen LogP contribution in [0.1, 0.15) is 51.3 Å². The molecule has 0 N–H and O–H groups in total. The van der Waals surface area contributed by atoms with Crippen LogP contribution in [0, 0.1) is 0 Å². The molecule has 1 aliphatic carbocycles. The van der Waals surface area contributed by atoms with Gasteiger partial charge in [0, 0.05) is 38.6 Å². The molecule has 1 aromatic heterocycles. The predicted octanol–water partition coefficient (Wildman–Crippen LogP) is 16.3. The van der Waals surface area contributed by atoms with Crippen molar-refractivity contribution in [2.45, 2.75) is 45.4 Å². The van der Waals surface area contributed by atoms with E-state index in [4.69, 9.17) is 4.42 Å². The van der Waals surface area contributed by atoms with E-state index in [9.17, 15) is 0 Å². The van der Waals surface area contributed by atoms with Crippen LogP contribution in [-0.2, 0) is 10.8 Å². The van der Waals surface area contributed by atoms with Crippen molar-refractivity contribution in [1.29, 1.82) is 0 Å². The lowest BCUT2D eigenvalue weighted by Crippen LogP contribution is -2.18. The summed E-state index contributed by atoms with van der Waals surface area (Å²) in [5.74, 6) is 0. The average Bonchev–Trinajstić information content (AvgIpc) is 3.74. The summed E-state index contributed by atoms with van der Waals surface area (Å²) in [6, 6.07) is 67.1. The van der Waals surface area contributed by atoms with Gasteiger partial charge in [0.25, 0.3) is 0 Å². The maximum Gasteiger partial charge on any atom is 0.143 e. The van der Waals surface area contributed by atoms with Gasteiger partial charge >= 0.3 is 0 Å². The quantitative estimate of drug-likeness (QED) is 0.174. The monoisotopic (exact) mass is 759 g/mol. The van der Waals surface area contributed by atoms with Gasteiger partial charge in [0.05, 0.1) is 11.4 Å². The Balaban J connectivity index is 1.24. The van der Waals surface area contributed by atoms with E-state index in [1.54, 1.807) is 0 Å². The summed E-state index contributed by atoms with van der Waals surface area (Å²) in [5.41, 5.74) is 16.1. The first-order valence-corrected chi connectivity index (χ1v) is 20.8. The molecule has 1 aliphatic rings. The van der Waals surface area contributed by atoms with Gasteiger partial charge in [-0.1, -0.05) is 168 Å². The molecule has 0 amide bonds. The lowest BCUT2D eigenvalue weighted by Gasteiger charge is -2.33. The lowest BCUT2D eigenvalue weighted by molar-refractivity contribution is 0.590. The Morgan fingerprint density at radius 1 is 0.458 bits per heavy atom. The normalized spacial score (nSPS) is 13.3. The van der Waals surface area contributed by atoms with Crippen molar-refractivity contribution in [1.82, 2.24) is 0 Å². The summed E-state index contributed by atoms with van der Waals surface area (Å²) >= 11 is 0. The second-order valence-electron chi connectivity index (χ2n) is 17.7. The van der Waals surface area contributed by atoms with Crippen molar-refractivity contribution >= 4 is 60.5 Å². The topological polar surface area (TPSA) is 16.4 Å². The highest BCUT2D eigenvalue weighted by Gasteiger charge is 2.37. The first-order chi connectivity index (χ1) is 28.6. The minimum absolute atomic E-state index is 0.0369. The van der Waals surface area contributed by atoms with Crippen LogP contribution in [0.3, 0.4) is 0 Å². The van der Waals surface area contributed by atoms with E-state index in [1.165, 1.54) is 60.5 Å². The molecule has 0 saturated heterocycles. The van der Waals surface area contributed by atoms with Crippen LogP contribution in [-0.4, -0.2) is 0 Å². The Morgan fingerprint density at radius 2 is 1.12 bits per heavy atom. The Labute approximate surface area is 346 Å². The zero-order valence-corrected chi connectivity index (χ0v) is 34.2. The van der Waals surface area contributed by atoms with Crippen LogP contribution in [0.2, 0.25) is 0 Å². The van der Waals surface area contributed by atoms with Crippen LogP contribution in [0.4, 0.5) is 17.1 Å². The lowest BCUT2D eigenvalue weighted by atomic mass is 9.81. The van der Waals surface area contributed by atoms with Gasteiger partial charge in [-0.2, -0.15) is 0 Å². The molecule has 0 radical (unpaired) electrons. The third-order valence-electron chi connectivity index (χ3n) is 12.8. The van der Waals surface area contributed by atoms with Crippen LogP contribution in [0.5, 0.6) is 0 Å². The van der Waals surface area contributed by atoms with Crippen molar-refractivity contribution in [3.8, 4) is 33.4 Å². The number of anilines is 3. The van der Waals surface area contributed by atoms with E-state index in [0.29, 0.717) is 0 Å². The number of nitrogens with zero attached hydrogens (tertiary/aromatic N) is 1. The fourth-order valence-electron chi connectivity index (χ4n) is 9.68. The third-order valence-corrected chi connectivity index (χ3v) is 12.8. The molecule has 0 spiro atoms. The van der Waals surface area contributed by atoms with Crippen molar-refractivity contribution in [3.05, 3.63) is 199 Å². The molecule has 0 atom stereocenters. The molecule has 284 valence electrons. The average molecular weight is 760 g/mol. The number of furan rings is 1. The van der Waals surface area contributed by atoms with Gasteiger partial charge in [0.15, 0.2) is 0 Å². The van der Waals surface area contributed by atoms with E-state index in [0.717, 1.165) is 50.1 Å². The molecule has 0 saturated carbocycles. The molecule has 0 aliphatic heterocycles. The predicted molar refractivity (Wildman–Crippen MR) is 251 cm³/mol. The van der Waals surface area contributed by atoms with Crippen LogP contribution in [0.25, 0.3) is 76.9 Å². The fraction of sp³-hybridized carbons (Fsp3) is 0.123. The Bertz CT molecular complexity index is 3290. The highest BCUT2D eigenvalue weighted by atomic mass is 16.3. The Morgan fingerprint density at radius 3 is 1.92 bits per heavy atom. The van der Waals surface area contributed by atoms with Gasteiger partial charge in [-0.05, 0) is 109 Å². The molecule has 10 aromatic rings. The zero-order chi connectivity index (χ0) is 40.0. The summed E-state index contributed by atoms with van der Waals surface area (Å²) in [4.78, 5) is 2.52. The first kappa shape index (κ1) is 35.3. The van der Waals surface area contributed by atoms with E-state index in [1.807, 2.05) is 0 Å². The maximum atomic E-state index is 6.82. The maximum absolute atomic E-state index is 6.82. The van der Waals surface area contributed by atoms with E-state index in [2.05, 4.69) is 222 Å². The molecule has 0 fully saturated rings. The van der Waals surface area contributed by atoms with Crippen molar-refractivity contribution < 1.29 is 4.42 Å². The molecule has 2 nitrogen and oxygen atoms in total. The van der Waals surface area contributed by atoms with Crippen molar-refractivity contribution in [2.75, 3.05) is 4.90 Å². The molecule has 9 aromatic carbocycles. The number of benzene rings is 9. The Kier molecular flexibility index (Phi) is 7.81. The fourth-order valence-corrected chi connectivity index (χ4v) is 9.68. The summed E-state index contributed by atoms with van der Waals surface area (Å²) < 4.78 is 6.82. The summed E-state index contributed by atoms with van der Waals surface area (Å²) in [6.07, 6.45) is 0. The smallest absolute Gasteiger partial charge is 0.143 e. The van der Waals surface area contributed by atoms with E-state index < -0.39 is 0 Å². The highest BCUT2D eigenvalue weighted by Crippen LogP contribution is 2.54. The van der Waals surface area contributed by atoms with Gasteiger partial charge in [-0.3, -0.25) is 0 Å². The van der Waals surface area contributed by atoms with Crippen LogP contribution < -0.4 is 4.90 Å². The number of hydrogen-bond donors (Lipinski definition) is 0. The summed E-state index contributed by atoms with van der Waals surface area (Å²) in [7, 11) is 0. The molecular weight excluding hydrogens is 715 g/mol. The van der Waals surface area contributed by atoms with Gasteiger partial charge in [0.1, 0.15) is 11.2 Å². The van der Waals surface area contributed by atoms with Crippen LogP contribution >= 0.6 is 0 Å². The second-order valence-corrected chi connectivity index (χ2v) is 17.7. The van der Waals surface area contributed by atoms with Crippen LogP contribution in [0.15, 0.2) is 186 Å². The van der Waals surface area contributed by atoms with Gasteiger partial charge in [-0.15, -0.1) is 0 Å². The molecule has 0 bridgehead atoms. The number of hydrogen-bond acceptors (Lipinski definition) is 2. The first-order valence-electron chi connectivity index (χ1n) is 20.8. The minimum atomic E-state index is -0.208. The van der Waals surface area contributed by atoms with E-state index in [-0.39, 0.29) is 10.8 Å². The van der Waals surface area contributed by atoms with Gasteiger partial charge < -0.3 is 9.32 Å². The molecule has 1 heterocycles. The number of fused-ring (bicyclic) bond motifs is 8. The van der Waals surface area contributed by atoms with E-state index >= 15 is 0 Å². The SMILES string of the molecule is CC(C)(C)c1ccc(N(c2ccc3c(c2)C(C)(C)c2cc4ccccc4cc2-3)c2ccc3ccccc3c2-c2cccc3c2oc2ccccc23)c(-c2ccccc2)c1. The highest BCUT2D eigenvalue weighted by molar-refractivity contribution is 6.15. The zero-order valence-electron chi connectivity index (χ0n) is 34.2. The van der Waals surface area contributed by atoms with Crippen molar-refractivity contribution in [3.63, 3.8) is 0 Å². The standard InChI is InChI=1S/C57H45NO/c1-56(2,3)40-27-31-51(47(34-40)36-16-7-6-8-17-36)58(41-28-29-43-48-32-38-19-9-10-20-39(38)33-49(48)57(4,5)50(43)35-41)52-30-26-37-18-11-12-21-42(37)54(52)46-24-15-23-45-44-22-13-14-25-53(44)59-55(45)46/h6-35H,1-5H3. The summed E-state index contributed by atoms with van der Waals surface area (Å²) in [6.45, 7) is 11.7. The number of rotatable bonds is 5. The Hall–Kier alpha value is -6.90. The van der Waals surface area contributed by atoms with Gasteiger partial charge in [-0.25, -0.2) is 0 Å². The molecule has 11 rings (SSSR count). The van der Waals surface area contributed by atoms with Gasteiger partial charge in [0.2, 0.25) is 0 Å². The third kappa shape index (κ3) is 5.54. The molecule has 59 heavy (non-hydrogen) atoms. The summed E-state index contributed by atoms with van der Waals surface area (Å²) in [5, 5.41) is 7.15. The number of para-hydroxylation sites is 2. The van der Waals surface area contributed by atoms with Crippen molar-refractivity contribution in [2.24, 2.45) is 0 Å². The molecule has 2 heteroatoms. The molecule has 0 unspecified atom stereocenters. The second kappa shape index (κ2) is 13.1. The molecular formula is C57H45NO. The largest absolute Gasteiger partial charge is 0.455 e.